The fraction of sp³-hybridized carbons (Fsp3) is 0.192. The molecule has 1 aromatic heterocycles. The number of esters is 1. The molecule has 0 spiro atoms. The number of thiazole rings is 1. The quantitative estimate of drug-likeness (QED) is 0.328. The molecule has 11 heteroatoms. The zero-order valence-corrected chi connectivity index (χ0v) is 22.1. The van der Waals surface area contributed by atoms with Crippen LogP contribution in [0.25, 0.3) is 10.2 Å². The SMILES string of the molecule is CCOC(=O)Cn1c(=NC(=O)c2ccc(S(=O)(=O)N3CCc4ccccc43)cc2)sc2cc(Cl)ccc21. The van der Waals surface area contributed by atoms with Crippen molar-refractivity contribution in [2.75, 3.05) is 17.5 Å². The molecule has 2 heterocycles. The van der Waals surface area contributed by atoms with Gasteiger partial charge in [-0.15, -0.1) is 0 Å². The first-order valence-corrected chi connectivity index (χ1v) is 14.2. The van der Waals surface area contributed by atoms with Crippen molar-refractivity contribution in [3.8, 4) is 0 Å². The van der Waals surface area contributed by atoms with Crippen molar-refractivity contribution in [2.24, 2.45) is 4.99 Å². The highest BCUT2D eigenvalue weighted by Gasteiger charge is 2.30. The molecule has 0 bridgehead atoms. The minimum atomic E-state index is -3.78. The Kier molecular flexibility index (Phi) is 6.89. The van der Waals surface area contributed by atoms with E-state index in [4.69, 9.17) is 16.3 Å². The number of sulfonamides is 1. The summed E-state index contributed by atoms with van der Waals surface area (Å²) in [5.74, 6) is -1.02. The van der Waals surface area contributed by atoms with Crippen LogP contribution in [0.15, 0.2) is 76.6 Å². The lowest BCUT2D eigenvalue weighted by Crippen LogP contribution is -2.29. The Balaban J connectivity index is 1.46. The van der Waals surface area contributed by atoms with Gasteiger partial charge in [0.2, 0.25) is 0 Å². The standard InChI is InChI=1S/C26H22ClN3O5S2/c1-2-35-24(31)16-29-22-12-9-19(27)15-23(22)36-26(29)28-25(32)18-7-10-20(11-8-18)37(33,34)30-14-13-17-5-3-4-6-21(17)30/h3-12,15H,2,13-14,16H2,1H3. The lowest BCUT2D eigenvalue weighted by Gasteiger charge is -2.19. The van der Waals surface area contributed by atoms with E-state index in [1.165, 1.54) is 39.9 Å². The summed E-state index contributed by atoms with van der Waals surface area (Å²) in [5.41, 5.74) is 2.58. The summed E-state index contributed by atoms with van der Waals surface area (Å²) >= 11 is 7.34. The number of nitrogens with zero attached hydrogens (tertiary/aromatic N) is 3. The monoisotopic (exact) mass is 555 g/mol. The average Bonchev–Trinajstić information content (AvgIpc) is 3.46. The van der Waals surface area contributed by atoms with Crippen LogP contribution in [0.2, 0.25) is 5.02 Å². The summed E-state index contributed by atoms with van der Waals surface area (Å²) in [6.45, 7) is 2.20. The van der Waals surface area contributed by atoms with Crippen molar-refractivity contribution >= 4 is 60.7 Å². The number of anilines is 1. The summed E-state index contributed by atoms with van der Waals surface area (Å²) in [5, 5.41) is 0.521. The van der Waals surface area contributed by atoms with Crippen molar-refractivity contribution < 1.29 is 22.7 Å². The topological polar surface area (TPSA) is 98.0 Å². The first-order valence-electron chi connectivity index (χ1n) is 11.5. The van der Waals surface area contributed by atoms with E-state index < -0.39 is 21.9 Å². The lowest BCUT2D eigenvalue weighted by molar-refractivity contribution is -0.143. The summed E-state index contributed by atoms with van der Waals surface area (Å²) in [7, 11) is -3.78. The van der Waals surface area contributed by atoms with E-state index in [-0.39, 0.29) is 23.6 Å². The molecule has 0 fully saturated rings. The molecule has 1 aliphatic rings. The smallest absolute Gasteiger partial charge is 0.326 e. The van der Waals surface area contributed by atoms with Gasteiger partial charge in [-0.25, -0.2) is 8.42 Å². The molecule has 0 N–H and O–H groups in total. The molecule has 5 rings (SSSR count). The Morgan fingerprint density at radius 3 is 2.59 bits per heavy atom. The van der Waals surface area contributed by atoms with Crippen LogP contribution >= 0.6 is 22.9 Å². The van der Waals surface area contributed by atoms with E-state index in [9.17, 15) is 18.0 Å². The third-order valence-corrected chi connectivity index (χ3v) is 9.07. The minimum absolute atomic E-state index is 0.0923. The van der Waals surface area contributed by atoms with Gasteiger partial charge in [-0.2, -0.15) is 4.99 Å². The van der Waals surface area contributed by atoms with Gasteiger partial charge in [0.15, 0.2) is 4.80 Å². The number of ether oxygens (including phenoxy) is 1. The zero-order valence-electron chi connectivity index (χ0n) is 19.8. The fourth-order valence-corrected chi connectivity index (χ4v) is 7.03. The number of hydrogen-bond acceptors (Lipinski definition) is 6. The number of rotatable bonds is 6. The molecule has 0 atom stereocenters. The van der Waals surface area contributed by atoms with Crippen molar-refractivity contribution in [1.29, 1.82) is 0 Å². The average molecular weight is 556 g/mol. The van der Waals surface area contributed by atoms with E-state index in [0.29, 0.717) is 34.0 Å². The summed E-state index contributed by atoms with van der Waals surface area (Å²) in [6, 6.07) is 18.3. The van der Waals surface area contributed by atoms with E-state index >= 15 is 0 Å². The molecule has 37 heavy (non-hydrogen) atoms. The lowest BCUT2D eigenvalue weighted by atomic mass is 10.2. The predicted molar refractivity (Wildman–Crippen MR) is 142 cm³/mol. The van der Waals surface area contributed by atoms with Gasteiger partial charge in [0.25, 0.3) is 15.9 Å². The van der Waals surface area contributed by atoms with Gasteiger partial charge in [0.05, 0.1) is 27.4 Å². The van der Waals surface area contributed by atoms with E-state index in [1.807, 2.05) is 18.2 Å². The molecule has 1 aliphatic heterocycles. The second-order valence-electron chi connectivity index (χ2n) is 8.29. The Bertz CT molecular complexity index is 1690. The summed E-state index contributed by atoms with van der Waals surface area (Å²) < 4.78 is 35.3. The third-order valence-electron chi connectivity index (χ3n) is 5.97. The minimum Gasteiger partial charge on any atom is -0.465 e. The maximum Gasteiger partial charge on any atom is 0.326 e. The van der Waals surface area contributed by atoms with Crippen molar-refractivity contribution in [1.82, 2.24) is 4.57 Å². The van der Waals surface area contributed by atoms with E-state index in [1.54, 1.807) is 35.8 Å². The van der Waals surface area contributed by atoms with Crippen LogP contribution in [-0.4, -0.2) is 38.0 Å². The molecule has 0 unspecified atom stereocenters. The summed E-state index contributed by atoms with van der Waals surface area (Å²) in [4.78, 5) is 29.9. The Morgan fingerprint density at radius 1 is 1.08 bits per heavy atom. The van der Waals surface area contributed by atoms with Gasteiger partial charge >= 0.3 is 5.97 Å². The largest absolute Gasteiger partial charge is 0.465 e. The van der Waals surface area contributed by atoms with Crippen LogP contribution < -0.4 is 9.11 Å². The van der Waals surface area contributed by atoms with E-state index in [2.05, 4.69) is 4.99 Å². The number of carbonyl (C=O) groups excluding carboxylic acids is 2. The van der Waals surface area contributed by atoms with Gasteiger partial charge in [-0.05, 0) is 67.4 Å². The molecule has 190 valence electrons. The molecule has 0 saturated carbocycles. The van der Waals surface area contributed by atoms with Crippen LogP contribution in [0.1, 0.15) is 22.8 Å². The van der Waals surface area contributed by atoms with Crippen LogP contribution in [-0.2, 0) is 32.5 Å². The third kappa shape index (κ3) is 4.92. The number of fused-ring (bicyclic) bond motifs is 2. The molecule has 3 aromatic carbocycles. The van der Waals surface area contributed by atoms with Gasteiger partial charge in [-0.1, -0.05) is 41.1 Å². The highest BCUT2D eigenvalue weighted by atomic mass is 35.5. The number of para-hydroxylation sites is 1. The van der Waals surface area contributed by atoms with Gasteiger partial charge in [0, 0.05) is 17.1 Å². The summed E-state index contributed by atoms with van der Waals surface area (Å²) in [6.07, 6.45) is 0.650. The number of carbonyl (C=O) groups is 2. The second-order valence-corrected chi connectivity index (χ2v) is 11.6. The number of amides is 1. The first-order chi connectivity index (χ1) is 17.8. The number of hydrogen-bond donors (Lipinski definition) is 0. The Labute approximate surface area is 222 Å². The highest BCUT2D eigenvalue weighted by molar-refractivity contribution is 7.92. The number of halogens is 1. The molecular weight excluding hydrogens is 534 g/mol. The van der Waals surface area contributed by atoms with Gasteiger partial charge in [0.1, 0.15) is 6.54 Å². The van der Waals surface area contributed by atoms with Crippen molar-refractivity contribution in [2.45, 2.75) is 24.8 Å². The van der Waals surface area contributed by atoms with Gasteiger partial charge in [-0.3, -0.25) is 13.9 Å². The number of aromatic nitrogens is 1. The van der Waals surface area contributed by atoms with Crippen LogP contribution in [0.5, 0.6) is 0 Å². The first kappa shape index (κ1) is 25.2. The molecule has 0 saturated heterocycles. The zero-order chi connectivity index (χ0) is 26.2. The van der Waals surface area contributed by atoms with Crippen molar-refractivity contribution in [3.63, 3.8) is 0 Å². The van der Waals surface area contributed by atoms with E-state index in [0.717, 1.165) is 10.3 Å². The normalized spacial score (nSPS) is 13.7. The molecule has 0 aliphatic carbocycles. The molecule has 1 amide bonds. The molecule has 8 nitrogen and oxygen atoms in total. The molecule has 0 radical (unpaired) electrons. The van der Waals surface area contributed by atoms with Crippen LogP contribution in [0.4, 0.5) is 5.69 Å². The maximum atomic E-state index is 13.3. The Morgan fingerprint density at radius 2 is 1.84 bits per heavy atom. The van der Waals surface area contributed by atoms with Crippen LogP contribution in [0, 0.1) is 0 Å². The molecule has 4 aromatic rings. The van der Waals surface area contributed by atoms with Gasteiger partial charge < -0.3 is 9.30 Å². The van der Waals surface area contributed by atoms with Crippen LogP contribution in [0.3, 0.4) is 0 Å². The van der Waals surface area contributed by atoms with Crippen molar-refractivity contribution in [3.05, 3.63) is 87.7 Å². The maximum absolute atomic E-state index is 13.3. The fourth-order valence-electron chi connectivity index (χ4n) is 4.23. The number of benzene rings is 3. The highest BCUT2D eigenvalue weighted by Crippen LogP contribution is 2.32. The Hall–Kier alpha value is -3.47. The predicted octanol–water partition coefficient (Wildman–Crippen LogP) is 4.41. The molecular formula is C26H22ClN3O5S2. The second kappa shape index (κ2) is 10.1.